The second-order valence-electron chi connectivity index (χ2n) is 9.63. The number of non-ortho nitro benzene ring substituents is 1. The molecule has 1 aliphatic heterocycles. The summed E-state index contributed by atoms with van der Waals surface area (Å²) in [5, 5.41) is 11.2. The second kappa shape index (κ2) is 11.5. The number of rotatable bonds is 8. The van der Waals surface area contributed by atoms with Gasteiger partial charge < -0.3 is 18.8 Å². The summed E-state index contributed by atoms with van der Waals surface area (Å²) in [7, 11) is 5.29. The zero-order chi connectivity index (χ0) is 30.1. The van der Waals surface area contributed by atoms with Crippen LogP contribution in [0.3, 0.4) is 0 Å². The molecular formula is C30H28N4O7S. The molecule has 5 rings (SSSR count). The zero-order valence-corrected chi connectivity index (χ0v) is 24.4. The van der Waals surface area contributed by atoms with Gasteiger partial charge in [-0.3, -0.25) is 19.5 Å². The Kier molecular flexibility index (Phi) is 7.81. The van der Waals surface area contributed by atoms with Gasteiger partial charge in [0.1, 0.15) is 17.3 Å². The average Bonchev–Trinajstić information content (AvgIpc) is 3.56. The van der Waals surface area contributed by atoms with E-state index in [1.54, 1.807) is 38.1 Å². The van der Waals surface area contributed by atoms with Crippen LogP contribution in [0.4, 0.5) is 11.4 Å². The van der Waals surface area contributed by atoms with Crippen molar-refractivity contribution in [1.82, 2.24) is 4.57 Å². The van der Waals surface area contributed by atoms with Crippen LogP contribution in [0.1, 0.15) is 31.2 Å². The Balaban J connectivity index is 1.61. The maximum absolute atomic E-state index is 13.9. The Hall–Kier alpha value is -4.97. The number of esters is 1. The van der Waals surface area contributed by atoms with Gasteiger partial charge in [0, 0.05) is 31.9 Å². The summed E-state index contributed by atoms with van der Waals surface area (Å²) in [5.74, 6) is 0.568. The number of carbonyl (C=O) groups is 1. The molecule has 2 aromatic heterocycles. The maximum Gasteiger partial charge on any atom is 0.338 e. The van der Waals surface area contributed by atoms with Gasteiger partial charge in [-0.25, -0.2) is 9.79 Å². The molecule has 216 valence electrons. The van der Waals surface area contributed by atoms with E-state index in [9.17, 15) is 19.7 Å². The molecule has 0 radical (unpaired) electrons. The van der Waals surface area contributed by atoms with Crippen molar-refractivity contribution >= 4 is 34.8 Å². The highest BCUT2D eigenvalue weighted by atomic mass is 32.1. The van der Waals surface area contributed by atoms with E-state index in [2.05, 4.69) is 4.99 Å². The van der Waals surface area contributed by atoms with Gasteiger partial charge in [0.25, 0.3) is 11.2 Å². The summed E-state index contributed by atoms with van der Waals surface area (Å²) in [6.07, 6.45) is 1.61. The molecule has 0 saturated heterocycles. The summed E-state index contributed by atoms with van der Waals surface area (Å²) in [5.41, 5.74) is 2.60. The van der Waals surface area contributed by atoms with Crippen LogP contribution < -0.4 is 24.5 Å². The van der Waals surface area contributed by atoms with Crippen LogP contribution in [0.25, 0.3) is 17.4 Å². The molecule has 1 atom stereocenters. The molecule has 0 bridgehead atoms. The lowest BCUT2D eigenvalue weighted by Gasteiger charge is -2.25. The summed E-state index contributed by atoms with van der Waals surface area (Å²) in [6, 6.07) is 14.6. The Morgan fingerprint density at radius 1 is 1.19 bits per heavy atom. The number of thiazole rings is 1. The molecule has 1 aliphatic rings. The van der Waals surface area contributed by atoms with Crippen molar-refractivity contribution in [3.8, 4) is 17.1 Å². The standard InChI is InChI=1S/C30H28N4O7S/c1-6-40-29(36)26-17(2)31-30-33(27(26)18-7-9-19(10-8-18)32(3)4)28(35)25(42-30)16-21-12-14-23(41-21)22-13-11-20(34(37)38)15-24(22)39-5/h7-16,27H,6H2,1-5H3/b25-16-. The Morgan fingerprint density at radius 3 is 2.57 bits per heavy atom. The Morgan fingerprint density at radius 2 is 1.93 bits per heavy atom. The van der Waals surface area contributed by atoms with Crippen LogP contribution in [0, 0.1) is 10.1 Å². The molecule has 11 nitrogen and oxygen atoms in total. The van der Waals surface area contributed by atoms with Crippen LogP contribution in [0.15, 0.2) is 80.1 Å². The molecule has 0 saturated carbocycles. The average molecular weight is 589 g/mol. The largest absolute Gasteiger partial charge is 0.496 e. The molecule has 4 aromatic rings. The number of ether oxygens (including phenoxy) is 2. The highest BCUT2D eigenvalue weighted by Crippen LogP contribution is 2.35. The van der Waals surface area contributed by atoms with Gasteiger partial charge in [0.2, 0.25) is 0 Å². The number of benzene rings is 2. The highest BCUT2D eigenvalue weighted by Gasteiger charge is 2.33. The van der Waals surface area contributed by atoms with E-state index in [0.29, 0.717) is 37.7 Å². The number of fused-ring (bicyclic) bond motifs is 1. The maximum atomic E-state index is 13.9. The van der Waals surface area contributed by atoms with Crippen LogP contribution in [-0.2, 0) is 9.53 Å². The SMILES string of the molecule is CCOC(=O)C1=C(C)N=c2s/c(=C\c3ccc(-c4ccc([N+](=O)[O-])cc4OC)o3)c(=O)n2C1c1ccc(N(C)C)cc1. The fraction of sp³-hybridized carbons (Fsp3) is 0.233. The van der Waals surface area contributed by atoms with Crippen LogP contribution >= 0.6 is 11.3 Å². The van der Waals surface area contributed by atoms with Crippen molar-refractivity contribution in [2.75, 3.05) is 32.7 Å². The van der Waals surface area contributed by atoms with Crippen molar-refractivity contribution in [2.45, 2.75) is 19.9 Å². The van der Waals surface area contributed by atoms with Gasteiger partial charge in [-0.15, -0.1) is 0 Å². The quantitative estimate of drug-likeness (QED) is 0.171. The normalized spacial score (nSPS) is 14.8. The zero-order valence-electron chi connectivity index (χ0n) is 23.6. The predicted molar refractivity (Wildman–Crippen MR) is 159 cm³/mol. The molecule has 12 heteroatoms. The molecule has 2 aromatic carbocycles. The first kappa shape index (κ1) is 28.6. The van der Waals surface area contributed by atoms with Crippen molar-refractivity contribution in [3.63, 3.8) is 0 Å². The fourth-order valence-electron chi connectivity index (χ4n) is 4.76. The molecular weight excluding hydrogens is 560 g/mol. The number of hydrogen-bond donors (Lipinski definition) is 0. The van der Waals surface area contributed by atoms with E-state index in [1.165, 1.54) is 35.1 Å². The number of furan rings is 1. The minimum atomic E-state index is -0.727. The number of anilines is 1. The molecule has 42 heavy (non-hydrogen) atoms. The Bertz CT molecular complexity index is 1900. The summed E-state index contributed by atoms with van der Waals surface area (Å²) < 4.78 is 18.6. The number of nitro benzene ring substituents is 1. The molecule has 0 fully saturated rings. The van der Waals surface area contributed by atoms with E-state index in [4.69, 9.17) is 13.9 Å². The van der Waals surface area contributed by atoms with Crippen LogP contribution in [0.2, 0.25) is 0 Å². The van der Waals surface area contributed by atoms with Crippen molar-refractivity contribution in [3.05, 3.63) is 107 Å². The lowest BCUT2D eigenvalue weighted by molar-refractivity contribution is -0.384. The Labute approximate surface area is 244 Å². The third-order valence-corrected chi connectivity index (χ3v) is 7.79. The highest BCUT2D eigenvalue weighted by molar-refractivity contribution is 7.07. The number of carbonyl (C=O) groups excluding carboxylic acids is 1. The van der Waals surface area contributed by atoms with Crippen molar-refractivity contribution < 1.29 is 23.6 Å². The number of nitrogens with zero attached hydrogens (tertiary/aromatic N) is 4. The third-order valence-electron chi connectivity index (χ3n) is 6.80. The van der Waals surface area contributed by atoms with Crippen molar-refractivity contribution in [1.29, 1.82) is 0 Å². The first-order chi connectivity index (χ1) is 20.1. The minimum Gasteiger partial charge on any atom is -0.496 e. The molecule has 3 heterocycles. The summed E-state index contributed by atoms with van der Waals surface area (Å²) in [6.45, 7) is 3.65. The van der Waals surface area contributed by atoms with Gasteiger partial charge in [-0.05, 0) is 49.7 Å². The van der Waals surface area contributed by atoms with E-state index in [0.717, 1.165) is 11.3 Å². The molecule has 0 aliphatic carbocycles. The predicted octanol–water partition coefficient (Wildman–Crippen LogP) is 4.04. The number of methoxy groups -OCH3 is 1. The van der Waals surface area contributed by atoms with Crippen LogP contribution in [0.5, 0.6) is 5.75 Å². The molecule has 0 amide bonds. The number of hydrogen-bond acceptors (Lipinski definition) is 10. The molecule has 0 N–H and O–H groups in total. The van der Waals surface area contributed by atoms with Crippen LogP contribution in [-0.4, -0.2) is 43.3 Å². The first-order valence-electron chi connectivity index (χ1n) is 13.0. The summed E-state index contributed by atoms with van der Waals surface area (Å²) >= 11 is 1.19. The van der Waals surface area contributed by atoms with E-state index in [-0.39, 0.29) is 23.6 Å². The number of allylic oxidation sites excluding steroid dienone is 1. The second-order valence-corrected chi connectivity index (χ2v) is 10.6. The summed E-state index contributed by atoms with van der Waals surface area (Å²) in [4.78, 5) is 44.6. The minimum absolute atomic E-state index is 0.105. The fourth-order valence-corrected chi connectivity index (χ4v) is 5.79. The molecule has 0 spiro atoms. The number of nitro groups is 1. The van der Waals surface area contributed by atoms with Gasteiger partial charge in [-0.1, -0.05) is 23.5 Å². The lowest BCUT2D eigenvalue weighted by atomic mass is 9.95. The van der Waals surface area contributed by atoms with Gasteiger partial charge in [0.05, 0.1) is 52.1 Å². The lowest BCUT2D eigenvalue weighted by Crippen LogP contribution is -2.39. The van der Waals surface area contributed by atoms with E-state index in [1.807, 2.05) is 43.3 Å². The third kappa shape index (κ3) is 5.23. The van der Waals surface area contributed by atoms with E-state index >= 15 is 0 Å². The van der Waals surface area contributed by atoms with Crippen molar-refractivity contribution in [2.24, 2.45) is 4.99 Å². The smallest absolute Gasteiger partial charge is 0.338 e. The van der Waals surface area contributed by atoms with Gasteiger partial charge >= 0.3 is 5.97 Å². The first-order valence-corrected chi connectivity index (χ1v) is 13.8. The monoisotopic (exact) mass is 588 g/mol. The molecule has 1 unspecified atom stereocenters. The van der Waals surface area contributed by atoms with Gasteiger partial charge in [0.15, 0.2) is 4.80 Å². The topological polar surface area (TPSA) is 129 Å². The van der Waals surface area contributed by atoms with E-state index < -0.39 is 16.9 Å². The number of aromatic nitrogens is 1. The van der Waals surface area contributed by atoms with Gasteiger partial charge in [-0.2, -0.15) is 0 Å².